The van der Waals surface area contributed by atoms with E-state index >= 15 is 0 Å². The molecule has 172 valence electrons. The molecule has 0 spiro atoms. The molecule has 1 aliphatic heterocycles. The summed E-state index contributed by atoms with van der Waals surface area (Å²) in [4.78, 5) is 23.4. The number of hydrogen-bond acceptors (Lipinski definition) is 7. The van der Waals surface area contributed by atoms with Gasteiger partial charge in [0.25, 0.3) is 11.8 Å². The van der Waals surface area contributed by atoms with Crippen molar-refractivity contribution < 1.29 is 23.1 Å². The van der Waals surface area contributed by atoms with Crippen LogP contribution in [0.3, 0.4) is 0 Å². The topological polar surface area (TPSA) is 105 Å². The molecule has 2 atom stereocenters. The minimum atomic E-state index is -2.89. The van der Waals surface area contributed by atoms with Crippen LogP contribution in [0.2, 0.25) is 5.02 Å². The van der Waals surface area contributed by atoms with Crippen LogP contribution in [-0.4, -0.2) is 36.1 Å². The highest BCUT2D eigenvalue weighted by Crippen LogP contribution is 2.39. The summed E-state index contributed by atoms with van der Waals surface area (Å²) in [6.07, 6.45) is 0.473. The second kappa shape index (κ2) is 8.88. The maximum atomic E-state index is 13.5. The Balaban J connectivity index is 1.50. The molecule has 1 N–H and O–H groups in total. The molecule has 5 rings (SSSR count). The quantitative estimate of drug-likeness (QED) is 0.429. The van der Waals surface area contributed by atoms with Crippen molar-refractivity contribution in [1.82, 2.24) is 25.1 Å². The maximum Gasteiger partial charge on any atom is 0.314 e. The van der Waals surface area contributed by atoms with E-state index in [4.69, 9.17) is 16.0 Å². The van der Waals surface area contributed by atoms with Gasteiger partial charge in [0.05, 0.1) is 11.9 Å². The van der Waals surface area contributed by atoms with Gasteiger partial charge in [-0.1, -0.05) is 29.8 Å². The number of aliphatic hydroxyl groups is 1. The van der Waals surface area contributed by atoms with E-state index in [-0.39, 0.29) is 18.3 Å². The zero-order chi connectivity index (χ0) is 23.8. The van der Waals surface area contributed by atoms with Gasteiger partial charge in [-0.15, -0.1) is 10.2 Å². The van der Waals surface area contributed by atoms with Gasteiger partial charge in [-0.2, -0.15) is 8.78 Å². The van der Waals surface area contributed by atoms with Crippen LogP contribution in [0.1, 0.15) is 51.6 Å². The number of fused-ring (bicyclic) bond motifs is 1. The van der Waals surface area contributed by atoms with Gasteiger partial charge >= 0.3 is 6.43 Å². The number of amides is 1. The van der Waals surface area contributed by atoms with Gasteiger partial charge in [-0.05, 0) is 35.4 Å². The van der Waals surface area contributed by atoms with Crippen molar-refractivity contribution in [2.45, 2.75) is 25.1 Å². The zero-order valence-electron chi connectivity index (χ0n) is 17.3. The summed E-state index contributed by atoms with van der Waals surface area (Å²) in [7, 11) is 0. The van der Waals surface area contributed by atoms with Crippen LogP contribution < -0.4 is 0 Å². The van der Waals surface area contributed by atoms with Crippen molar-refractivity contribution in [3.63, 3.8) is 0 Å². The number of alkyl halides is 2. The van der Waals surface area contributed by atoms with Crippen molar-refractivity contribution in [3.05, 3.63) is 94.4 Å². The Kier molecular flexibility index (Phi) is 5.76. The minimum Gasteiger partial charge on any atom is -0.415 e. The lowest BCUT2D eigenvalue weighted by atomic mass is 9.98. The van der Waals surface area contributed by atoms with Crippen LogP contribution in [0.25, 0.3) is 11.5 Å². The Labute approximate surface area is 196 Å². The molecule has 8 nitrogen and oxygen atoms in total. The normalized spacial score (nSPS) is 15.0. The number of aliphatic hydroxyl groups excluding tert-OH is 1. The number of carbonyl (C=O) groups is 1. The highest BCUT2D eigenvalue weighted by atomic mass is 35.5. The van der Waals surface area contributed by atoms with Crippen molar-refractivity contribution >= 4 is 17.5 Å². The SMILES string of the molecule is O=C1c2cc(-c3nnc(C(F)F)o3)ccc2CN1C(c1cnccn1)C(O)c1ccc(Cl)cc1. The number of hydrogen-bond donors (Lipinski definition) is 1. The average molecular weight is 484 g/mol. The van der Waals surface area contributed by atoms with Crippen LogP contribution in [0, 0.1) is 0 Å². The number of rotatable bonds is 6. The van der Waals surface area contributed by atoms with Gasteiger partial charge in [0.2, 0.25) is 5.89 Å². The number of benzene rings is 2. The fourth-order valence-electron chi connectivity index (χ4n) is 3.92. The molecular formula is C23H16ClF2N5O3. The first-order chi connectivity index (χ1) is 16.4. The fraction of sp³-hybridized carbons (Fsp3) is 0.174. The predicted molar refractivity (Wildman–Crippen MR) is 116 cm³/mol. The molecule has 2 unspecified atom stereocenters. The summed E-state index contributed by atoms with van der Waals surface area (Å²) in [6.45, 7) is 0.201. The minimum absolute atomic E-state index is 0.115. The number of carbonyl (C=O) groups excluding carboxylic acids is 1. The first-order valence-electron chi connectivity index (χ1n) is 10.2. The molecule has 0 saturated heterocycles. The molecule has 2 aromatic heterocycles. The summed E-state index contributed by atoms with van der Waals surface area (Å²) in [6, 6.07) is 10.6. The second-order valence-corrected chi connectivity index (χ2v) is 8.06. The van der Waals surface area contributed by atoms with Gasteiger partial charge in [0.15, 0.2) is 0 Å². The molecule has 4 aromatic rings. The lowest BCUT2D eigenvalue weighted by Crippen LogP contribution is -2.34. The van der Waals surface area contributed by atoms with E-state index in [1.165, 1.54) is 29.6 Å². The highest BCUT2D eigenvalue weighted by molar-refractivity contribution is 6.30. The molecule has 2 aromatic carbocycles. The third-order valence-electron chi connectivity index (χ3n) is 5.55. The third kappa shape index (κ3) is 4.02. The lowest BCUT2D eigenvalue weighted by molar-refractivity contribution is 0.0346. The standard InChI is InChI=1S/C23H16ClF2N5O3/c24-15-5-3-12(4-6-15)19(32)18(17-10-27-7-8-28-17)31-11-14-2-1-13(9-16(14)23(31)33)21-29-30-22(34-21)20(25)26/h1-10,18-20,32H,11H2. The summed E-state index contributed by atoms with van der Waals surface area (Å²) in [5.74, 6) is -1.28. The van der Waals surface area contributed by atoms with E-state index < -0.39 is 24.5 Å². The van der Waals surface area contributed by atoms with Gasteiger partial charge in [0, 0.05) is 35.1 Å². The molecule has 0 aliphatic carbocycles. The Morgan fingerprint density at radius 3 is 2.56 bits per heavy atom. The average Bonchev–Trinajstić information content (AvgIpc) is 3.46. The first-order valence-corrected chi connectivity index (χ1v) is 10.6. The van der Waals surface area contributed by atoms with Gasteiger partial charge in [-0.3, -0.25) is 14.8 Å². The molecule has 11 heteroatoms. The van der Waals surface area contributed by atoms with E-state index in [0.29, 0.717) is 33.0 Å². The van der Waals surface area contributed by atoms with E-state index in [1.807, 2.05) is 0 Å². The fourth-order valence-corrected chi connectivity index (χ4v) is 4.04. The molecule has 0 saturated carbocycles. The van der Waals surface area contributed by atoms with Gasteiger partial charge in [-0.25, -0.2) is 0 Å². The Bertz CT molecular complexity index is 1330. The molecule has 1 amide bonds. The highest BCUT2D eigenvalue weighted by Gasteiger charge is 2.39. The van der Waals surface area contributed by atoms with Crippen molar-refractivity contribution in [3.8, 4) is 11.5 Å². The Morgan fingerprint density at radius 1 is 1.09 bits per heavy atom. The summed E-state index contributed by atoms with van der Waals surface area (Å²) < 4.78 is 30.6. The summed E-state index contributed by atoms with van der Waals surface area (Å²) in [5, 5.41) is 18.7. The van der Waals surface area contributed by atoms with E-state index in [9.17, 15) is 18.7 Å². The van der Waals surface area contributed by atoms with Crippen molar-refractivity contribution in [2.24, 2.45) is 0 Å². The molecule has 1 aliphatic rings. The second-order valence-electron chi connectivity index (χ2n) is 7.62. The first kappa shape index (κ1) is 22.1. The van der Waals surface area contributed by atoms with Gasteiger partial charge < -0.3 is 14.4 Å². The molecular weight excluding hydrogens is 468 g/mol. The van der Waals surface area contributed by atoms with Crippen molar-refractivity contribution in [1.29, 1.82) is 0 Å². The van der Waals surface area contributed by atoms with Crippen molar-refractivity contribution in [2.75, 3.05) is 0 Å². The number of aromatic nitrogens is 4. The van der Waals surface area contributed by atoms with Crippen LogP contribution in [0.15, 0.2) is 65.5 Å². The number of halogens is 3. The zero-order valence-corrected chi connectivity index (χ0v) is 18.1. The largest absolute Gasteiger partial charge is 0.415 e. The lowest BCUT2D eigenvalue weighted by Gasteiger charge is -2.31. The van der Waals surface area contributed by atoms with Crippen LogP contribution in [-0.2, 0) is 6.54 Å². The molecule has 3 heterocycles. The van der Waals surface area contributed by atoms with E-state index in [0.717, 1.165) is 0 Å². The molecule has 0 bridgehead atoms. The van der Waals surface area contributed by atoms with Gasteiger partial charge in [0.1, 0.15) is 12.1 Å². The van der Waals surface area contributed by atoms with Crippen LogP contribution in [0.4, 0.5) is 8.78 Å². The molecule has 0 fully saturated rings. The summed E-state index contributed by atoms with van der Waals surface area (Å²) >= 11 is 5.98. The Hall–Kier alpha value is -3.76. The smallest absolute Gasteiger partial charge is 0.314 e. The van der Waals surface area contributed by atoms with E-state index in [2.05, 4.69) is 20.2 Å². The Morgan fingerprint density at radius 2 is 1.88 bits per heavy atom. The maximum absolute atomic E-state index is 13.5. The molecule has 34 heavy (non-hydrogen) atoms. The monoisotopic (exact) mass is 483 g/mol. The van der Waals surface area contributed by atoms with Crippen LogP contribution >= 0.6 is 11.6 Å². The predicted octanol–water partition coefficient (Wildman–Crippen LogP) is 4.55. The summed E-state index contributed by atoms with van der Waals surface area (Å²) in [5.41, 5.74) is 2.33. The van der Waals surface area contributed by atoms with E-state index in [1.54, 1.807) is 36.4 Å². The molecule has 0 radical (unpaired) electrons. The van der Waals surface area contributed by atoms with Crippen LogP contribution in [0.5, 0.6) is 0 Å². The number of nitrogens with zero attached hydrogens (tertiary/aromatic N) is 5. The third-order valence-corrected chi connectivity index (χ3v) is 5.80.